The summed E-state index contributed by atoms with van der Waals surface area (Å²) in [5.41, 5.74) is 5.46. The summed E-state index contributed by atoms with van der Waals surface area (Å²) < 4.78 is 11.1. The van der Waals surface area contributed by atoms with Crippen LogP contribution in [0.1, 0.15) is 29.7 Å². The molecular formula is C24H22N4O5. The molecule has 33 heavy (non-hydrogen) atoms. The highest BCUT2D eigenvalue weighted by Crippen LogP contribution is 2.25. The molecule has 2 N–H and O–H groups in total. The maximum atomic E-state index is 12.5. The van der Waals surface area contributed by atoms with Gasteiger partial charge in [-0.25, -0.2) is 0 Å². The molecule has 168 valence electrons. The van der Waals surface area contributed by atoms with Crippen molar-refractivity contribution in [2.45, 2.75) is 26.0 Å². The van der Waals surface area contributed by atoms with Crippen LogP contribution in [0.25, 0.3) is 0 Å². The number of nitrogens with zero attached hydrogens (tertiary/aromatic N) is 2. The van der Waals surface area contributed by atoms with Crippen molar-refractivity contribution >= 4 is 29.0 Å². The molecule has 0 saturated heterocycles. The van der Waals surface area contributed by atoms with Gasteiger partial charge in [-0.05, 0) is 43.3 Å². The van der Waals surface area contributed by atoms with E-state index in [0.717, 1.165) is 0 Å². The van der Waals surface area contributed by atoms with Gasteiger partial charge in [0.05, 0.1) is 5.69 Å². The number of nitrogens with one attached hydrogen (secondary N) is 2. The second kappa shape index (κ2) is 9.82. The highest BCUT2D eigenvalue weighted by atomic mass is 16.5. The number of carbonyl (C=O) groups is 3. The molecule has 0 fully saturated rings. The zero-order chi connectivity index (χ0) is 23.2. The third-order valence-electron chi connectivity index (χ3n) is 4.96. The summed E-state index contributed by atoms with van der Waals surface area (Å²) in [7, 11) is 0. The monoisotopic (exact) mass is 446 g/mol. The van der Waals surface area contributed by atoms with Crippen molar-refractivity contribution < 1.29 is 23.5 Å². The Balaban J connectivity index is 1.33. The van der Waals surface area contributed by atoms with Crippen molar-refractivity contribution in [2.75, 3.05) is 5.01 Å². The minimum atomic E-state index is -0.629. The SMILES string of the molecule is CC(=O)[C@H]1CC(C(=O)NNC(=O)c2ccc(COc3ccccc3)o2)=NN1c1ccccc1. The van der Waals surface area contributed by atoms with Crippen molar-refractivity contribution in [1.82, 2.24) is 10.9 Å². The van der Waals surface area contributed by atoms with Crippen LogP contribution in [-0.4, -0.2) is 29.4 Å². The van der Waals surface area contributed by atoms with Crippen LogP contribution in [0.3, 0.4) is 0 Å². The summed E-state index contributed by atoms with van der Waals surface area (Å²) in [4.78, 5) is 36.9. The largest absolute Gasteiger partial charge is 0.486 e. The van der Waals surface area contributed by atoms with Crippen molar-refractivity contribution in [1.29, 1.82) is 0 Å². The van der Waals surface area contributed by atoms with Gasteiger partial charge in [0.2, 0.25) is 0 Å². The Kier molecular flexibility index (Phi) is 6.49. The van der Waals surface area contributed by atoms with E-state index in [1.165, 1.54) is 18.0 Å². The number of carbonyl (C=O) groups excluding carboxylic acids is 3. The molecule has 2 aromatic carbocycles. The van der Waals surface area contributed by atoms with Crippen LogP contribution in [0, 0.1) is 0 Å². The molecule has 1 aliphatic rings. The molecule has 1 aromatic heterocycles. The molecule has 0 saturated carbocycles. The highest BCUT2D eigenvalue weighted by Gasteiger charge is 2.34. The molecule has 3 aromatic rings. The topological polar surface area (TPSA) is 113 Å². The van der Waals surface area contributed by atoms with E-state index in [-0.39, 0.29) is 30.3 Å². The van der Waals surface area contributed by atoms with Crippen LogP contribution in [0.15, 0.2) is 82.3 Å². The molecule has 0 bridgehead atoms. The van der Waals surface area contributed by atoms with E-state index in [9.17, 15) is 14.4 Å². The first-order chi connectivity index (χ1) is 16.0. The van der Waals surface area contributed by atoms with Crippen LogP contribution in [0.2, 0.25) is 0 Å². The lowest BCUT2D eigenvalue weighted by molar-refractivity contribution is -0.118. The summed E-state index contributed by atoms with van der Waals surface area (Å²) in [6, 6.07) is 20.8. The molecule has 2 amide bonds. The zero-order valence-corrected chi connectivity index (χ0v) is 17.9. The zero-order valence-electron chi connectivity index (χ0n) is 17.9. The molecule has 9 heteroatoms. The maximum absolute atomic E-state index is 12.5. The second-order valence-corrected chi connectivity index (χ2v) is 7.33. The number of hydrogen-bond donors (Lipinski definition) is 2. The molecule has 1 atom stereocenters. The Bertz CT molecular complexity index is 1170. The van der Waals surface area contributed by atoms with Gasteiger partial charge in [0.1, 0.15) is 29.9 Å². The molecule has 1 aliphatic heterocycles. The Morgan fingerprint density at radius 2 is 1.64 bits per heavy atom. The lowest BCUT2D eigenvalue weighted by Crippen LogP contribution is -2.44. The van der Waals surface area contributed by atoms with Gasteiger partial charge in [-0.1, -0.05) is 36.4 Å². The molecule has 0 radical (unpaired) electrons. The molecule has 2 heterocycles. The second-order valence-electron chi connectivity index (χ2n) is 7.33. The number of benzene rings is 2. The lowest BCUT2D eigenvalue weighted by atomic mass is 10.1. The smallest absolute Gasteiger partial charge is 0.305 e. The predicted octanol–water partition coefficient (Wildman–Crippen LogP) is 2.84. The summed E-state index contributed by atoms with van der Waals surface area (Å²) in [5.74, 6) is -0.197. The number of amides is 2. The number of Topliss-reactive ketones (excluding diaryl/α,β-unsaturated/α-hetero) is 1. The van der Waals surface area contributed by atoms with Gasteiger partial charge in [0.15, 0.2) is 11.5 Å². The first-order valence-corrected chi connectivity index (χ1v) is 10.3. The molecule has 0 unspecified atom stereocenters. The number of hydrazone groups is 1. The number of hydrazine groups is 1. The van der Waals surface area contributed by atoms with Crippen LogP contribution >= 0.6 is 0 Å². The molecule has 0 spiro atoms. The van der Waals surface area contributed by atoms with Crippen molar-refractivity contribution in [3.63, 3.8) is 0 Å². The van der Waals surface area contributed by atoms with E-state index >= 15 is 0 Å². The summed E-state index contributed by atoms with van der Waals surface area (Å²) in [5, 5.41) is 5.81. The number of ether oxygens (including phenoxy) is 1. The van der Waals surface area contributed by atoms with E-state index in [1.54, 1.807) is 18.2 Å². The predicted molar refractivity (Wildman–Crippen MR) is 121 cm³/mol. The Morgan fingerprint density at radius 3 is 2.33 bits per heavy atom. The third-order valence-corrected chi connectivity index (χ3v) is 4.96. The molecule has 9 nitrogen and oxygen atoms in total. The van der Waals surface area contributed by atoms with Crippen molar-refractivity contribution in [3.05, 3.63) is 84.3 Å². The fourth-order valence-corrected chi connectivity index (χ4v) is 3.28. The van der Waals surface area contributed by atoms with Crippen molar-refractivity contribution in [3.8, 4) is 5.75 Å². The van der Waals surface area contributed by atoms with Gasteiger partial charge >= 0.3 is 5.91 Å². The van der Waals surface area contributed by atoms with Gasteiger partial charge in [-0.15, -0.1) is 0 Å². The van der Waals surface area contributed by atoms with Gasteiger partial charge < -0.3 is 9.15 Å². The summed E-state index contributed by atoms with van der Waals surface area (Å²) >= 11 is 0. The number of rotatable bonds is 7. The average Bonchev–Trinajstić information content (AvgIpc) is 3.50. The maximum Gasteiger partial charge on any atom is 0.305 e. The first-order valence-electron chi connectivity index (χ1n) is 10.3. The van der Waals surface area contributed by atoms with E-state index < -0.39 is 17.9 Å². The third kappa shape index (κ3) is 5.27. The Hall–Kier alpha value is -4.40. The molecule has 0 aliphatic carbocycles. The van der Waals surface area contributed by atoms with Crippen LogP contribution < -0.4 is 20.6 Å². The van der Waals surface area contributed by atoms with Crippen molar-refractivity contribution in [2.24, 2.45) is 5.10 Å². The summed E-state index contributed by atoms with van der Waals surface area (Å²) in [6.07, 6.45) is 0.133. The van der Waals surface area contributed by atoms with E-state index in [0.29, 0.717) is 17.2 Å². The Morgan fingerprint density at radius 1 is 0.970 bits per heavy atom. The average molecular weight is 446 g/mol. The number of ketones is 1. The lowest BCUT2D eigenvalue weighted by Gasteiger charge is -2.20. The van der Waals surface area contributed by atoms with Gasteiger partial charge in [0, 0.05) is 6.42 Å². The molecule has 4 rings (SSSR count). The fraction of sp³-hybridized carbons (Fsp3) is 0.167. The van der Waals surface area contributed by atoms with Gasteiger partial charge in [-0.2, -0.15) is 5.10 Å². The van der Waals surface area contributed by atoms with Gasteiger partial charge in [-0.3, -0.25) is 30.2 Å². The minimum Gasteiger partial charge on any atom is -0.486 e. The standard InChI is InChI=1S/C24H22N4O5/c1-16(29)21-14-20(27-28(21)17-8-4-2-5-9-17)23(30)25-26-24(31)22-13-12-19(33-22)15-32-18-10-6-3-7-11-18/h2-13,21H,14-15H2,1H3,(H,25,30)(H,26,31)/t21-/m1/s1. The van der Waals surface area contributed by atoms with E-state index in [4.69, 9.17) is 9.15 Å². The highest BCUT2D eigenvalue weighted by molar-refractivity contribution is 6.40. The van der Waals surface area contributed by atoms with Crippen LogP contribution in [0.5, 0.6) is 5.75 Å². The first kappa shape index (κ1) is 21.8. The number of hydrogen-bond acceptors (Lipinski definition) is 7. The fourth-order valence-electron chi connectivity index (χ4n) is 3.28. The van der Waals surface area contributed by atoms with E-state index in [1.807, 2.05) is 48.5 Å². The number of para-hydroxylation sites is 2. The number of furan rings is 1. The van der Waals surface area contributed by atoms with Gasteiger partial charge in [0.25, 0.3) is 5.91 Å². The molecular weight excluding hydrogens is 424 g/mol. The Labute approximate surface area is 190 Å². The summed E-state index contributed by atoms with van der Waals surface area (Å²) in [6.45, 7) is 1.61. The quantitative estimate of drug-likeness (QED) is 0.540. The number of anilines is 1. The van der Waals surface area contributed by atoms with Crippen LogP contribution in [0.4, 0.5) is 5.69 Å². The van der Waals surface area contributed by atoms with Crippen LogP contribution in [-0.2, 0) is 16.2 Å². The normalized spacial score (nSPS) is 15.0. The minimum absolute atomic E-state index is 0.0165. The van der Waals surface area contributed by atoms with E-state index in [2.05, 4.69) is 16.0 Å².